The van der Waals surface area contributed by atoms with Gasteiger partial charge in [0.15, 0.2) is 0 Å². The van der Waals surface area contributed by atoms with Gasteiger partial charge in [-0.2, -0.15) is 5.10 Å². The fourth-order valence-corrected chi connectivity index (χ4v) is 3.96. The SMILES string of the molecule is CC1(C)Cc2c(cnn2C2CCCCCC2O)C(N)C1. The summed E-state index contributed by atoms with van der Waals surface area (Å²) in [7, 11) is 0. The van der Waals surface area contributed by atoms with E-state index in [-0.39, 0.29) is 23.6 Å². The van der Waals surface area contributed by atoms with Gasteiger partial charge in [0.2, 0.25) is 0 Å². The van der Waals surface area contributed by atoms with E-state index in [9.17, 15) is 5.11 Å². The van der Waals surface area contributed by atoms with Crippen molar-refractivity contribution in [3.8, 4) is 0 Å². The number of aliphatic hydroxyl groups excluding tert-OH is 1. The highest BCUT2D eigenvalue weighted by Crippen LogP contribution is 2.41. The van der Waals surface area contributed by atoms with Gasteiger partial charge in [-0.05, 0) is 31.1 Å². The first-order valence-corrected chi connectivity index (χ1v) is 7.98. The van der Waals surface area contributed by atoms with Crippen LogP contribution in [0.1, 0.15) is 75.7 Å². The molecule has 2 aliphatic rings. The number of hydrogen-bond acceptors (Lipinski definition) is 3. The topological polar surface area (TPSA) is 64.1 Å². The number of hydrogen-bond donors (Lipinski definition) is 2. The molecule has 4 nitrogen and oxygen atoms in total. The lowest BCUT2D eigenvalue weighted by Gasteiger charge is -2.35. The molecule has 1 fully saturated rings. The number of aromatic nitrogens is 2. The maximum atomic E-state index is 10.4. The quantitative estimate of drug-likeness (QED) is 0.776. The molecule has 1 aromatic rings. The summed E-state index contributed by atoms with van der Waals surface area (Å²) in [4.78, 5) is 0. The van der Waals surface area contributed by atoms with Crippen molar-refractivity contribution in [2.24, 2.45) is 11.1 Å². The molecular formula is C16H27N3O. The maximum Gasteiger partial charge on any atom is 0.0781 e. The summed E-state index contributed by atoms with van der Waals surface area (Å²) in [6, 6.07) is 0.229. The van der Waals surface area contributed by atoms with Crippen molar-refractivity contribution in [3.63, 3.8) is 0 Å². The third-order valence-corrected chi connectivity index (χ3v) is 5.01. The number of rotatable bonds is 1. The van der Waals surface area contributed by atoms with E-state index in [1.165, 1.54) is 24.1 Å². The molecule has 4 heteroatoms. The molecule has 112 valence electrons. The van der Waals surface area contributed by atoms with Crippen LogP contribution in [-0.4, -0.2) is 21.0 Å². The molecule has 0 aliphatic heterocycles. The van der Waals surface area contributed by atoms with Crippen LogP contribution in [-0.2, 0) is 6.42 Å². The molecular weight excluding hydrogens is 250 g/mol. The predicted octanol–water partition coefficient (Wildman–Crippen LogP) is 2.72. The van der Waals surface area contributed by atoms with Crippen LogP contribution in [0.2, 0.25) is 0 Å². The van der Waals surface area contributed by atoms with E-state index >= 15 is 0 Å². The Bertz CT molecular complexity index is 480. The maximum absolute atomic E-state index is 10.4. The zero-order valence-corrected chi connectivity index (χ0v) is 12.7. The monoisotopic (exact) mass is 277 g/mol. The standard InChI is InChI=1S/C16H27N3O/c1-16(2)8-12(17)11-10-18-19(14(11)9-16)13-6-4-3-5-7-15(13)20/h10,12-13,15,20H,3-9,17H2,1-2H3. The van der Waals surface area contributed by atoms with Crippen LogP contribution in [0.3, 0.4) is 0 Å². The predicted molar refractivity (Wildman–Crippen MR) is 79.4 cm³/mol. The third-order valence-electron chi connectivity index (χ3n) is 5.01. The molecule has 0 amide bonds. The zero-order valence-electron chi connectivity index (χ0n) is 12.7. The van der Waals surface area contributed by atoms with Crippen molar-refractivity contribution in [2.45, 2.75) is 77.0 Å². The van der Waals surface area contributed by atoms with Crippen LogP contribution < -0.4 is 5.73 Å². The molecule has 0 radical (unpaired) electrons. The van der Waals surface area contributed by atoms with Gasteiger partial charge in [-0.3, -0.25) is 4.68 Å². The Hall–Kier alpha value is -0.870. The second-order valence-electron chi connectivity index (χ2n) is 7.42. The Morgan fingerprint density at radius 3 is 2.85 bits per heavy atom. The van der Waals surface area contributed by atoms with Crippen molar-refractivity contribution < 1.29 is 5.11 Å². The van der Waals surface area contributed by atoms with Crippen LogP contribution in [0.5, 0.6) is 0 Å². The summed E-state index contributed by atoms with van der Waals surface area (Å²) in [6.07, 6.45) is 9.17. The molecule has 1 aromatic heterocycles. The summed E-state index contributed by atoms with van der Waals surface area (Å²) in [5.41, 5.74) is 9.00. The third kappa shape index (κ3) is 2.51. The molecule has 2 aliphatic carbocycles. The van der Waals surface area contributed by atoms with Gasteiger partial charge in [-0.25, -0.2) is 0 Å². The van der Waals surface area contributed by atoms with E-state index in [1.807, 2.05) is 6.20 Å². The van der Waals surface area contributed by atoms with Gasteiger partial charge in [0.25, 0.3) is 0 Å². The Morgan fingerprint density at radius 1 is 1.30 bits per heavy atom. The molecule has 20 heavy (non-hydrogen) atoms. The lowest BCUT2D eigenvalue weighted by Crippen LogP contribution is -2.33. The second kappa shape index (κ2) is 5.15. The van der Waals surface area contributed by atoms with Gasteiger partial charge in [0, 0.05) is 17.3 Å². The Labute approximate surface area is 121 Å². The van der Waals surface area contributed by atoms with Crippen molar-refractivity contribution in [1.82, 2.24) is 9.78 Å². The van der Waals surface area contributed by atoms with Gasteiger partial charge in [-0.15, -0.1) is 0 Å². The molecule has 0 bridgehead atoms. The first kappa shape index (κ1) is 14.1. The smallest absolute Gasteiger partial charge is 0.0781 e. The minimum absolute atomic E-state index is 0.0884. The highest BCUT2D eigenvalue weighted by Gasteiger charge is 2.35. The minimum atomic E-state index is -0.261. The lowest BCUT2D eigenvalue weighted by molar-refractivity contribution is 0.0955. The van der Waals surface area contributed by atoms with Gasteiger partial charge in [0.1, 0.15) is 0 Å². The van der Waals surface area contributed by atoms with E-state index in [1.54, 1.807) is 0 Å². The first-order chi connectivity index (χ1) is 9.48. The van der Waals surface area contributed by atoms with E-state index in [2.05, 4.69) is 23.6 Å². The molecule has 0 aromatic carbocycles. The molecule has 3 atom stereocenters. The normalized spacial score (nSPS) is 33.5. The number of nitrogens with two attached hydrogens (primary N) is 1. The summed E-state index contributed by atoms with van der Waals surface area (Å²) < 4.78 is 2.10. The summed E-state index contributed by atoms with van der Waals surface area (Å²) in [6.45, 7) is 4.55. The largest absolute Gasteiger partial charge is 0.391 e. The van der Waals surface area contributed by atoms with E-state index < -0.39 is 0 Å². The minimum Gasteiger partial charge on any atom is -0.391 e. The second-order valence-corrected chi connectivity index (χ2v) is 7.42. The van der Waals surface area contributed by atoms with Crippen molar-refractivity contribution in [3.05, 3.63) is 17.5 Å². The van der Waals surface area contributed by atoms with Crippen LogP contribution in [0.25, 0.3) is 0 Å². The van der Waals surface area contributed by atoms with Gasteiger partial charge < -0.3 is 10.8 Å². The van der Waals surface area contributed by atoms with Crippen molar-refractivity contribution >= 4 is 0 Å². The van der Waals surface area contributed by atoms with Crippen LogP contribution in [0, 0.1) is 5.41 Å². The average molecular weight is 277 g/mol. The highest BCUT2D eigenvalue weighted by atomic mass is 16.3. The Morgan fingerprint density at radius 2 is 2.05 bits per heavy atom. The summed E-state index contributed by atoms with van der Waals surface area (Å²) in [5, 5.41) is 15.0. The van der Waals surface area contributed by atoms with Crippen molar-refractivity contribution in [1.29, 1.82) is 0 Å². The van der Waals surface area contributed by atoms with Gasteiger partial charge >= 0.3 is 0 Å². The summed E-state index contributed by atoms with van der Waals surface area (Å²) in [5.74, 6) is 0. The van der Waals surface area contributed by atoms with E-state index in [0.29, 0.717) is 0 Å². The lowest BCUT2D eigenvalue weighted by atomic mass is 9.74. The van der Waals surface area contributed by atoms with Crippen LogP contribution >= 0.6 is 0 Å². The first-order valence-electron chi connectivity index (χ1n) is 7.98. The molecule has 3 N–H and O–H groups in total. The molecule has 0 spiro atoms. The number of fused-ring (bicyclic) bond motifs is 1. The average Bonchev–Trinajstić information content (AvgIpc) is 2.64. The van der Waals surface area contributed by atoms with Crippen LogP contribution in [0.15, 0.2) is 6.20 Å². The van der Waals surface area contributed by atoms with E-state index in [0.717, 1.165) is 32.1 Å². The van der Waals surface area contributed by atoms with Gasteiger partial charge in [-0.1, -0.05) is 33.1 Å². The fraction of sp³-hybridized carbons (Fsp3) is 0.812. The highest BCUT2D eigenvalue weighted by molar-refractivity contribution is 5.27. The Balaban J connectivity index is 1.95. The zero-order chi connectivity index (χ0) is 14.3. The number of aliphatic hydroxyl groups is 1. The number of nitrogens with zero attached hydrogens (tertiary/aromatic N) is 2. The van der Waals surface area contributed by atoms with Crippen LogP contribution in [0.4, 0.5) is 0 Å². The summed E-state index contributed by atoms with van der Waals surface area (Å²) >= 11 is 0. The molecule has 1 saturated carbocycles. The Kier molecular flexibility index (Phi) is 3.63. The molecule has 1 heterocycles. The fourth-order valence-electron chi connectivity index (χ4n) is 3.96. The molecule has 3 unspecified atom stereocenters. The molecule has 0 saturated heterocycles. The van der Waals surface area contributed by atoms with Gasteiger partial charge in [0.05, 0.1) is 18.3 Å². The van der Waals surface area contributed by atoms with Crippen molar-refractivity contribution in [2.75, 3.05) is 0 Å². The van der Waals surface area contributed by atoms with E-state index in [4.69, 9.17) is 5.73 Å². The molecule has 3 rings (SSSR count).